The Balaban J connectivity index is 2.22. The van der Waals surface area contributed by atoms with Crippen molar-refractivity contribution in [2.75, 3.05) is 7.05 Å². The molecule has 3 nitrogen and oxygen atoms in total. The predicted octanol–water partition coefficient (Wildman–Crippen LogP) is 3.56. The third-order valence-electron chi connectivity index (χ3n) is 2.94. The molecule has 0 amide bonds. The lowest BCUT2D eigenvalue weighted by Crippen LogP contribution is -2.20. The van der Waals surface area contributed by atoms with E-state index in [-0.39, 0.29) is 11.8 Å². The fraction of sp³-hybridized carbons (Fsp3) is 0.357. The van der Waals surface area contributed by atoms with Gasteiger partial charge < -0.3 is 10.1 Å². The third-order valence-corrected chi connectivity index (χ3v) is 3.76. The molecule has 0 spiro atoms. The number of aryl methyl sites for hydroxylation is 1. The monoisotopic (exact) mass is 298 g/mol. The first-order chi connectivity index (χ1) is 9.60. The average Bonchev–Trinajstić information content (AvgIpc) is 2.82. The van der Waals surface area contributed by atoms with Crippen molar-refractivity contribution in [3.63, 3.8) is 0 Å². The number of likely N-dealkylation sites (N-methyl/N-ethyl adjacent to an activating group) is 1. The van der Waals surface area contributed by atoms with Crippen LogP contribution in [0.1, 0.15) is 22.3 Å². The zero-order chi connectivity index (χ0) is 14.5. The minimum Gasteiger partial charge on any atom is -0.434 e. The van der Waals surface area contributed by atoms with E-state index in [0.717, 1.165) is 10.7 Å². The Bertz CT molecular complexity index is 560. The van der Waals surface area contributed by atoms with Crippen LogP contribution in [0.15, 0.2) is 29.6 Å². The van der Waals surface area contributed by atoms with Crippen molar-refractivity contribution in [3.8, 4) is 5.75 Å². The maximum absolute atomic E-state index is 12.4. The van der Waals surface area contributed by atoms with Crippen molar-refractivity contribution in [2.45, 2.75) is 26.0 Å². The molecule has 20 heavy (non-hydrogen) atoms. The maximum Gasteiger partial charge on any atom is 0.387 e. The van der Waals surface area contributed by atoms with E-state index in [1.54, 1.807) is 36.6 Å². The van der Waals surface area contributed by atoms with Crippen molar-refractivity contribution in [3.05, 3.63) is 45.9 Å². The van der Waals surface area contributed by atoms with Crippen molar-refractivity contribution in [1.29, 1.82) is 0 Å². The topological polar surface area (TPSA) is 34.2 Å². The van der Waals surface area contributed by atoms with Gasteiger partial charge in [0, 0.05) is 23.4 Å². The number of para-hydroxylation sites is 1. The van der Waals surface area contributed by atoms with E-state index >= 15 is 0 Å². The summed E-state index contributed by atoms with van der Waals surface area (Å²) < 4.78 is 29.5. The van der Waals surface area contributed by atoms with Gasteiger partial charge in [0.05, 0.1) is 10.7 Å². The van der Waals surface area contributed by atoms with Gasteiger partial charge in [-0.1, -0.05) is 18.2 Å². The largest absolute Gasteiger partial charge is 0.434 e. The number of hydrogen-bond donors (Lipinski definition) is 1. The van der Waals surface area contributed by atoms with Gasteiger partial charge in [-0.05, 0) is 20.0 Å². The van der Waals surface area contributed by atoms with Crippen molar-refractivity contribution in [1.82, 2.24) is 10.3 Å². The van der Waals surface area contributed by atoms with E-state index in [2.05, 4.69) is 15.0 Å². The molecule has 1 aromatic heterocycles. The third kappa shape index (κ3) is 3.74. The van der Waals surface area contributed by atoms with Gasteiger partial charge in [-0.3, -0.25) is 0 Å². The number of aromatic nitrogens is 1. The average molecular weight is 298 g/mol. The van der Waals surface area contributed by atoms with Crippen molar-refractivity contribution in [2.24, 2.45) is 0 Å². The second kappa shape index (κ2) is 6.76. The minimum absolute atomic E-state index is 0.119. The number of halogens is 2. The Kier molecular flexibility index (Phi) is 5.03. The molecule has 1 N–H and O–H groups in total. The van der Waals surface area contributed by atoms with Gasteiger partial charge in [0.15, 0.2) is 0 Å². The van der Waals surface area contributed by atoms with Gasteiger partial charge in [-0.25, -0.2) is 4.98 Å². The van der Waals surface area contributed by atoms with Crippen LogP contribution in [-0.2, 0) is 6.42 Å². The van der Waals surface area contributed by atoms with Crippen LogP contribution in [0.4, 0.5) is 8.78 Å². The Morgan fingerprint density at radius 2 is 2.10 bits per heavy atom. The molecule has 0 aliphatic rings. The number of nitrogens with one attached hydrogen (secondary N) is 1. The van der Waals surface area contributed by atoms with Crippen LogP contribution in [0.5, 0.6) is 5.75 Å². The first kappa shape index (κ1) is 14.9. The van der Waals surface area contributed by atoms with Gasteiger partial charge in [-0.2, -0.15) is 8.78 Å². The zero-order valence-corrected chi connectivity index (χ0v) is 12.1. The summed E-state index contributed by atoms with van der Waals surface area (Å²) in [7, 11) is 1.79. The van der Waals surface area contributed by atoms with E-state index in [4.69, 9.17) is 0 Å². The normalized spacial score (nSPS) is 12.7. The maximum atomic E-state index is 12.4. The number of ether oxygens (including phenoxy) is 1. The van der Waals surface area contributed by atoms with Gasteiger partial charge in [0.2, 0.25) is 0 Å². The molecule has 2 rings (SSSR count). The fourth-order valence-electron chi connectivity index (χ4n) is 2.05. The Hall–Kier alpha value is -1.53. The van der Waals surface area contributed by atoms with Gasteiger partial charge in [-0.15, -0.1) is 11.3 Å². The van der Waals surface area contributed by atoms with E-state index in [9.17, 15) is 8.78 Å². The lowest BCUT2D eigenvalue weighted by atomic mass is 10.0. The molecule has 108 valence electrons. The summed E-state index contributed by atoms with van der Waals surface area (Å²) in [5, 5.41) is 6.10. The molecule has 0 aliphatic heterocycles. The van der Waals surface area contributed by atoms with E-state index < -0.39 is 6.61 Å². The van der Waals surface area contributed by atoms with Crippen LogP contribution in [-0.4, -0.2) is 18.6 Å². The van der Waals surface area contributed by atoms with E-state index in [0.29, 0.717) is 12.0 Å². The van der Waals surface area contributed by atoms with Gasteiger partial charge in [0.1, 0.15) is 5.75 Å². The van der Waals surface area contributed by atoms with Crippen molar-refractivity contribution >= 4 is 11.3 Å². The molecule has 1 atom stereocenters. The van der Waals surface area contributed by atoms with Crippen LogP contribution in [0, 0.1) is 6.92 Å². The summed E-state index contributed by atoms with van der Waals surface area (Å²) in [5.74, 6) is 0.203. The molecule has 6 heteroatoms. The Morgan fingerprint density at radius 1 is 1.35 bits per heavy atom. The van der Waals surface area contributed by atoms with E-state index in [1.165, 1.54) is 0 Å². The Morgan fingerprint density at radius 3 is 2.70 bits per heavy atom. The summed E-state index contributed by atoms with van der Waals surface area (Å²) in [6, 6.07) is 6.72. The van der Waals surface area contributed by atoms with Crippen LogP contribution in [0.2, 0.25) is 0 Å². The molecule has 0 bridgehead atoms. The summed E-state index contributed by atoms with van der Waals surface area (Å²) in [4.78, 5) is 4.40. The number of nitrogens with zero attached hydrogens (tertiary/aromatic N) is 1. The van der Waals surface area contributed by atoms with Crippen LogP contribution >= 0.6 is 11.3 Å². The molecule has 0 aliphatic carbocycles. The summed E-state index contributed by atoms with van der Waals surface area (Å²) >= 11 is 1.58. The highest BCUT2D eigenvalue weighted by Crippen LogP contribution is 2.28. The van der Waals surface area contributed by atoms with Crippen LogP contribution in [0.3, 0.4) is 0 Å². The minimum atomic E-state index is -2.82. The highest BCUT2D eigenvalue weighted by Gasteiger charge is 2.18. The summed E-state index contributed by atoms with van der Waals surface area (Å²) in [5.41, 5.74) is 1.65. The standard InChI is InChI=1S/C14H16F2N2OS/c1-9-18-10(8-20-9)7-12(17-2)11-5-3-4-6-13(11)19-14(15)16/h3-6,8,12,14,17H,7H2,1-2H3. The van der Waals surface area contributed by atoms with Gasteiger partial charge >= 0.3 is 6.61 Å². The number of rotatable bonds is 6. The lowest BCUT2D eigenvalue weighted by Gasteiger charge is -2.19. The quantitative estimate of drug-likeness (QED) is 0.885. The second-order valence-electron chi connectivity index (χ2n) is 4.32. The molecule has 2 aromatic rings. The smallest absolute Gasteiger partial charge is 0.387 e. The summed E-state index contributed by atoms with van der Waals surface area (Å²) in [6.07, 6.45) is 0.629. The molecule has 1 unspecified atom stereocenters. The zero-order valence-electron chi connectivity index (χ0n) is 11.3. The molecule has 0 radical (unpaired) electrons. The molecule has 0 fully saturated rings. The highest BCUT2D eigenvalue weighted by molar-refractivity contribution is 7.09. The number of hydrogen-bond acceptors (Lipinski definition) is 4. The van der Waals surface area contributed by atoms with Crippen LogP contribution < -0.4 is 10.1 Å². The highest BCUT2D eigenvalue weighted by atomic mass is 32.1. The molecular formula is C14H16F2N2OS. The van der Waals surface area contributed by atoms with Crippen LogP contribution in [0.25, 0.3) is 0 Å². The molecule has 0 saturated heterocycles. The first-order valence-electron chi connectivity index (χ1n) is 6.22. The number of alkyl halides is 2. The molecule has 0 saturated carbocycles. The lowest BCUT2D eigenvalue weighted by molar-refractivity contribution is -0.0507. The first-order valence-corrected chi connectivity index (χ1v) is 7.10. The van der Waals surface area contributed by atoms with Crippen molar-refractivity contribution < 1.29 is 13.5 Å². The fourth-order valence-corrected chi connectivity index (χ4v) is 2.68. The Labute approximate surface area is 120 Å². The molecular weight excluding hydrogens is 282 g/mol. The van der Waals surface area contributed by atoms with E-state index in [1.807, 2.05) is 18.4 Å². The van der Waals surface area contributed by atoms with Gasteiger partial charge in [0.25, 0.3) is 0 Å². The SMILES string of the molecule is CNC(Cc1csc(C)n1)c1ccccc1OC(F)F. The predicted molar refractivity (Wildman–Crippen MR) is 75.4 cm³/mol. The summed E-state index contributed by atoms with van der Waals surface area (Å²) in [6.45, 7) is -0.883. The number of thiazole rings is 1. The molecule has 1 aromatic carbocycles. The molecule has 1 heterocycles. The second-order valence-corrected chi connectivity index (χ2v) is 5.38. The number of benzene rings is 1.